The van der Waals surface area contributed by atoms with E-state index in [2.05, 4.69) is 30.4 Å². The van der Waals surface area contributed by atoms with E-state index in [0.717, 1.165) is 32.6 Å². The molecule has 2 bridgehead atoms. The van der Waals surface area contributed by atoms with E-state index in [9.17, 15) is 0 Å². The summed E-state index contributed by atoms with van der Waals surface area (Å²) in [7, 11) is 4.05. The van der Waals surface area contributed by atoms with Gasteiger partial charge in [-0.25, -0.2) is 0 Å². The summed E-state index contributed by atoms with van der Waals surface area (Å²) in [6.07, 6.45) is 4.90. The van der Waals surface area contributed by atoms with E-state index in [1.165, 1.54) is 24.9 Å². The SMILES string of the molecule is COc1ccc(-c2noc(C3C4CC5CC(=C[C@@H]3c3ccc(Cl)cc3)[N+]4(C)C5)n2)cc1. The summed E-state index contributed by atoms with van der Waals surface area (Å²) in [5, 5.41) is 5.11. The highest BCUT2D eigenvalue weighted by Crippen LogP contribution is 2.57. The van der Waals surface area contributed by atoms with Gasteiger partial charge in [-0.3, -0.25) is 4.48 Å². The Morgan fingerprint density at radius 2 is 1.87 bits per heavy atom. The van der Waals surface area contributed by atoms with Crippen molar-refractivity contribution in [1.29, 1.82) is 0 Å². The van der Waals surface area contributed by atoms with Crippen molar-refractivity contribution in [1.82, 2.24) is 10.1 Å². The van der Waals surface area contributed by atoms with Gasteiger partial charge in [-0.05, 0) is 48.0 Å². The van der Waals surface area contributed by atoms with Gasteiger partial charge in [-0.1, -0.05) is 28.9 Å². The van der Waals surface area contributed by atoms with Crippen LogP contribution in [-0.2, 0) is 0 Å². The molecule has 0 radical (unpaired) electrons. The number of halogens is 1. The quantitative estimate of drug-likeness (QED) is 0.515. The predicted molar refractivity (Wildman–Crippen MR) is 119 cm³/mol. The molecule has 3 aliphatic heterocycles. The van der Waals surface area contributed by atoms with Gasteiger partial charge in [0.15, 0.2) is 0 Å². The van der Waals surface area contributed by atoms with Gasteiger partial charge in [0.2, 0.25) is 11.7 Å². The van der Waals surface area contributed by atoms with E-state index in [4.69, 9.17) is 25.8 Å². The Hall–Kier alpha value is -2.63. The third-order valence-electron chi connectivity index (χ3n) is 7.60. The topological polar surface area (TPSA) is 48.2 Å². The van der Waals surface area contributed by atoms with Gasteiger partial charge in [-0.15, -0.1) is 0 Å². The first-order chi connectivity index (χ1) is 15.0. The molecule has 2 saturated heterocycles. The van der Waals surface area contributed by atoms with Crippen LogP contribution in [0.3, 0.4) is 0 Å². The second-order valence-electron chi connectivity index (χ2n) is 9.27. The summed E-state index contributed by atoms with van der Waals surface area (Å²) in [6, 6.07) is 16.5. The maximum Gasteiger partial charge on any atom is 0.237 e. The molecule has 6 heteroatoms. The fourth-order valence-corrected chi connectivity index (χ4v) is 6.25. The molecule has 3 aliphatic rings. The number of hydrogen-bond acceptors (Lipinski definition) is 4. The van der Waals surface area contributed by atoms with Crippen molar-refractivity contribution in [2.45, 2.75) is 30.7 Å². The van der Waals surface area contributed by atoms with E-state index < -0.39 is 0 Å². The van der Waals surface area contributed by atoms with E-state index in [1.807, 2.05) is 36.4 Å². The van der Waals surface area contributed by atoms with Gasteiger partial charge in [0.05, 0.1) is 20.7 Å². The molecule has 3 aromatic rings. The second-order valence-corrected chi connectivity index (χ2v) is 9.71. The maximum absolute atomic E-state index is 6.18. The number of nitrogens with zero attached hydrogens (tertiary/aromatic N) is 3. The summed E-state index contributed by atoms with van der Waals surface area (Å²) in [4.78, 5) is 4.90. The number of hydrogen-bond donors (Lipinski definition) is 0. The average molecular weight is 435 g/mol. The number of aromatic nitrogens is 2. The standard InChI is InChI=1S/C25H25ClN3O2/c1-29-14-15-11-19(29)13-21(16-3-7-18(26)8-4-16)23(22(29)12-15)25-27-24(28-31-25)17-5-9-20(30-2)10-6-17/h3-10,13,15,21-23H,11-12,14H2,1-2H3/q+1/t15?,21-,22?,23?,29?/m1/s1. The third-order valence-corrected chi connectivity index (χ3v) is 7.85. The van der Waals surface area contributed by atoms with Gasteiger partial charge in [-0.2, -0.15) is 4.98 Å². The fourth-order valence-electron chi connectivity index (χ4n) is 6.13. The molecule has 5 nitrogen and oxygen atoms in total. The summed E-state index contributed by atoms with van der Waals surface area (Å²) >= 11 is 6.18. The molecule has 31 heavy (non-hydrogen) atoms. The van der Waals surface area contributed by atoms with E-state index in [0.29, 0.717) is 11.9 Å². The molecule has 0 amide bonds. The number of benzene rings is 2. The molecule has 0 saturated carbocycles. The van der Waals surface area contributed by atoms with Crippen LogP contribution in [0.25, 0.3) is 11.4 Å². The lowest BCUT2D eigenvalue weighted by molar-refractivity contribution is -0.884. The van der Waals surface area contributed by atoms with Gasteiger partial charge in [0, 0.05) is 35.3 Å². The zero-order valence-electron chi connectivity index (χ0n) is 17.7. The number of piperidine rings is 1. The van der Waals surface area contributed by atoms with Crippen molar-refractivity contribution in [2.75, 3.05) is 20.7 Å². The number of methoxy groups -OCH3 is 1. The van der Waals surface area contributed by atoms with Crippen molar-refractivity contribution in [3.05, 3.63) is 76.8 Å². The number of rotatable bonds is 4. The Morgan fingerprint density at radius 1 is 1.10 bits per heavy atom. The Balaban J connectivity index is 1.42. The molecule has 6 rings (SSSR count). The van der Waals surface area contributed by atoms with Crippen molar-refractivity contribution < 1.29 is 13.7 Å². The normalized spacial score (nSPS) is 31.0. The fraction of sp³-hybridized carbons (Fsp3) is 0.360. The zero-order chi connectivity index (χ0) is 21.2. The highest BCUT2D eigenvalue weighted by Gasteiger charge is 2.61. The molecule has 0 aliphatic carbocycles. The number of ether oxygens (including phenoxy) is 1. The Labute approximate surface area is 186 Å². The van der Waals surface area contributed by atoms with Gasteiger partial charge in [0.25, 0.3) is 0 Å². The van der Waals surface area contributed by atoms with Crippen molar-refractivity contribution >= 4 is 11.6 Å². The number of fused-ring (bicyclic) bond motifs is 1. The Kier molecular flexibility index (Phi) is 4.27. The van der Waals surface area contributed by atoms with E-state index >= 15 is 0 Å². The van der Waals surface area contributed by atoms with E-state index in [1.54, 1.807) is 12.8 Å². The number of likely N-dealkylation sites (N-methyl/N-ethyl adjacent to an activating group) is 1. The van der Waals surface area contributed by atoms with Crippen LogP contribution in [0.15, 0.2) is 64.8 Å². The first-order valence-electron chi connectivity index (χ1n) is 10.8. The molecule has 2 aromatic carbocycles. The highest BCUT2D eigenvalue weighted by atomic mass is 35.5. The Morgan fingerprint density at radius 3 is 2.58 bits per heavy atom. The largest absolute Gasteiger partial charge is 0.497 e. The molecule has 0 N–H and O–H groups in total. The Bertz CT molecular complexity index is 1150. The lowest BCUT2D eigenvalue weighted by atomic mass is 9.73. The summed E-state index contributed by atoms with van der Waals surface area (Å²) < 4.78 is 12.2. The number of allylic oxidation sites excluding steroid dienone is 2. The lowest BCUT2D eigenvalue weighted by Crippen LogP contribution is -2.52. The van der Waals surface area contributed by atoms with Crippen molar-refractivity contribution in [3.63, 3.8) is 0 Å². The maximum atomic E-state index is 6.18. The van der Waals surface area contributed by atoms with Crippen LogP contribution in [-0.4, -0.2) is 41.4 Å². The van der Waals surface area contributed by atoms with Crippen molar-refractivity contribution in [3.8, 4) is 17.1 Å². The van der Waals surface area contributed by atoms with Crippen LogP contribution in [0.4, 0.5) is 0 Å². The minimum absolute atomic E-state index is 0.153. The van der Waals surface area contributed by atoms with Crippen LogP contribution in [0.2, 0.25) is 5.02 Å². The minimum atomic E-state index is 0.153. The van der Waals surface area contributed by atoms with Crippen LogP contribution < -0.4 is 4.74 Å². The lowest BCUT2D eigenvalue weighted by Gasteiger charge is -2.45. The van der Waals surface area contributed by atoms with Crippen molar-refractivity contribution in [2.24, 2.45) is 5.92 Å². The first kappa shape index (κ1) is 19.1. The smallest absolute Gasteiger partial charge is 0.237 e. The summed E-state index contributed by atoms with van der Waals surface area (Å²) in [5.41, 5.74) is 3.75. The molecular formula is C25H25ClN3O2+. The third kappa shape index (κ3) is 2.94. The first-order valence-corrected chi connectivity index (χ1v) is 11.2. The van der Waals surface area contributed by atoms with Crippen LogP contribution >= 0.6 is 11.6 Å². The van der Waals surface area contributed by atoms with Crippen LogP contribution in [0.5, 0.6) is 5.75 Å². The van der Waals surface area contributed by atoms with Gasteiger partial charge >= 0.3 is 0 Å². The molecule has 4 unspecified atom stereocenters. The molecular weight excluding hydrogens is 410 g/mol. The second kappa shape index (κ2) is 6.94. The molecule has 4 heterocycles. The van der Waals surface area contributed by atoms with Crippen LogP contribution in [0, 0.1) is 5.92 Å². The molecule has 1 aromatic heterocycles. The monoisotopic (exact) mass is 434 g/mol. The average Bonchev–Trinajstić information content (AvgIpc) is 3.46. The van der Waals surface area contributed by atoms with Crippen LogP contribution in [0.1, 0.15) is 36.1 Å². The molecule has 158 valence electrons. The predicted octanol–water partition coefficient (Wildman–Crippen LogP) is 5.40. The van der Waals surface area contributed by atoms with Gasteiger partial charge < -0.3 is 9.26 Å². The molecule has 2 fully saturated rings. The zero-order valence-corrected chi connectivity index (χ0v) is 18.4. The van der Waals surface area contributed by atoms with Gasteiger partial charge in [0.1, 0.15) is 23.4 Å². The molecule has 5 atom stereocenters. The summed E-state index contributed by atoms with van der Waals surface area (Å²) in [5.74, 6) is 3.30. The number of quaternary nitrogens is 1. The van der Waals surface area contributed by atoms with E-state index in [-0.39, 0.29) is 11.8 Å². The molecule has 0 spiro atoms. The summed E-state index contributed by atoms with van der Waals surface area (Å²) in [6.45, 7) is 1.22. The minimum Gasteiger partial charge on any atom is -0.497 e. The highest BCUT2D eigenvalue weighted by molar-refractivity contribution is 6.30.